The summed E-state index contributed by atoms with van der Waals surface area (Å²) in [6.07, 6.45) is 2.77. The van der Waals surface area contributed by atoms with Crippen molar-refractivity contribution in [3.05, 3.63) is 74.6 Å². The maximum atomic E-state index is 12.3. The molecule has 10 nitrogen and oxygen atoms in total. The van der Waals surface area contributed by atoms with Gasteiger partial charge in [-0.25, -0.2) is 5.43 Å². The molecule has 0 aliphatic rings. The summed E-state index contributed by atoms with van der Waals surface area (Å²) >= 11 is 15.2. The molecule has 0 aliphatic carbocycles. The molecule has 0 saturated carbocycles. The Morgan fingerprint density at radius 3 is 2.61 bits per heavy atom. The second-order valence-corrected chi connectivity index (χ2v) is 8.63. The molecule has 0 spiro atoms. The van der Waals surface area contributed by atoms with Gasteiger partial charge in [-0.05, 0) is 64.0 Å². The highest BCUT2D eigenvalue weighted by Gasteiger charge is 2.15. The van der Waals surface area contributed by atoms with Crippen LogP contribution in [0.4, 0.5) is 5.69 Å². The number of carbonyl (C=O) groups is 3. The summed E-state index contributed by atoms with van der Waals surface area (Å²) in [5, 5.41) is 9.51. The number of benzene rings is 2. The molecule has 2 aromatic carbocycles. The first kappa shape index (κ1) is 27.1. The van der Waals surface area contributed by atoms with E-state index >= 15 is 0 Å². The molecular formula is C23H19BrCl2N4O6. The minimum Gasteiger partial charge on any atom is -0.493 e. The van der Waals surface area contributed by atoms with Gasteiger partial charge in [-0.1, -0.05) is 23.2 Å². The number of anilines is 1. The van der Waals surface area contributed by atoms with Crippen LogP contribution in [0.25, 0.3) is 0 Å². The van der Waals surface area contributed by atoms with E-state index in [0.29, 0.717) is 37.3 Å². The molecule has 0 fully saturated rings. The minimum absolute atomic E-state index is 0.0695. The van der Waals surface area contributed by atoms with E-state index in [4.69, 9.17) is 37.1 Å². The fourth-order valence-corrected chi connectivity index (χ4v) is 3.61. The van der Waals surface area contributed by atoms with Crippen molar-refractivity contribution < 1.29 is 28.3 Å². The van der Waals surface area contributed by atoms with E-state index in [9.17, 15) is 14.4 Å². The standard InChI is InChI=1S/C23H19BrCl2N4O6/c1-34-19-8-13(10-28-30-23(33)22(32)27-11-15-3-2-6-35-15)7-16(24)21(19)36-12-20(31)29-14-4-5-17(25)18(26)9-14/h2-10H,11-12H2,1H3,(H,27,32)(H,29,31)(H,30,33)/b28-10-. The van der Waals surface area contributed by atoms with E-state index in [-0.39, 0.29) is 18.9 Å². The van der Waals surface area contributed by atoms with Crippen molar-refractivity contribution in [3.63, 3.8) is 0 Å². The Labute approximate surface area is 224 Å². The number of hydrogen-bond donors (Lipinski definition) is 3. The third-order valence-corrected chi connectivity index (χ3v) is 5.72. The first-order chi connectivity index (χ1) is 17.3. The molecule has 188 valence electrons. The van der Waals surface area contributed by atoms with Crippen molar-refractivity contribution in [2.75, 3.05) is 19.0 Å². The zero-order valence-corrected chi connectivity index (χ0v) is 21.7. The van der Waals surface area contributed by atoms with E-state index in [1.165, 1.54) is 25.7 Å². The van der Waals surface area contributed by atoms with Crippen LogP contribution in [-0.2, 0) is 20.9 Å². The summed E-state index contributed by atoms with van der Waals surface area (Å²) in [7, 11) is 1.43. The lowest BCUT2D eigenvalue weighted by molar-refractivity contribution is -0.139. The predicted molar refractivity (Wildman–Crippen MR) is 138 cm³/mol. The molecule has 13 heteroatoms. The van der Waals surface area contributed by atoms with Crippen LogP contribution >= 0.6 is 39.1 Å². The lowest BCUT2D eigenvalue weighted by Gasteiger charge is -2.13. The molecule has 1 aromatic heterocycles. The smallest absolute Gasteiger partial charge is 0.329 e. The maximum Gasteiger partial charge on any atom is 0.329 e. The number of furan rings is 1. The molecule has 1 heterocycles. The van der Waals surface area contributed by atoms with Gasteiger partial charge in [0, 0.05) is 5.69 Å². The van der Waals surface area contributed by atoms with E-state index in [0.717, 1.165) is 0 Å². The number of amides is 3. The van der Waals surface area contributed by atoms with Gasteiger partial charge in [-0.2, -0.15) is 5.10 Å². The Morgan fingerprint density at radius 2 is 1.92 bits per heavy atom. The molecule has 0 bridgehead atoms. The summed E-state index contributed by atoms with van der Waals surface area (Å²) in [4.78, 5) is 36.0. The van der Waals surface area contributed by atoms with Gasteiger partial charge in [0.1, 0.15) is 5.76 Å². The van der Waals surface area contributed by atoms with Gasteiger partial charge >= 0.3 is 11.8 Å². The molecule has 0 aliphatic heterocycles. The van der Waals surface area contributed by atoms with Crippen LogP contribution in [0.3, 0.4) is 0 Å². The Kier molecular flexibility index (Phi) is 9.74. The zero-order valence-electron chi connectivity index (χ0n) is 18.6. The highest BCUT2D eigenvalue weighted by Crippen LogP contribution is 2.36. The largest absolute Gasteiger partial charge is 0.493 e. The molecule has 3 aromatic rings. The van der Waals surface area contributed by atoms with Crippen LogP contribution in [0.2, 0.25) is 10.0 Å². The molecule has 0 radical (unpaired) electrons. The van der Waals surface area contributed by atoms with Gasteiger partial charge in [0.15, 0.2) is 18.1 Å². The fourth-order valence-electron chi connectivity index (χ4n) is 2.74. The third-order valence-electron chi connectivity index (χ3n) is 4.39. The highest BCUT2D eigenvalue weighted by molar-refractivity contribution is 9.10. The average molecular weight is 598 g/mol. The van der Waals surface area contributed by atoms with E-state index in [2.05, 4.69) is 37.1 Å². The molecule has 3 N–H and O–H groups in total. The number of ether oxygens (including phenoxy) is 2. The van der Waals surface area contributed by atoms with Gasteiger partial charge < -0.3 is 24.5 Å². The number of halogens is 3. The normalized spacial score (nSPS) is 10.7. The van der Waals surface area contributed by atoms with E-state index in [1.807, 2.05) is 0 Å². The Hall–Kier alpha value is -3.54. The molecule has 3 rings (SSSR count). The van der Waals surface area contributed by atoms with Crippen molar-refractivity contribution in [2.24, 2.45) is 5.10 Å². The first-order valence-electron chi connectivity index (χ1n) is 10.2. The molecular weight excluding hydrogens is 579 g/mol. The van der Waals surface area contributed by atoms with Crippen molar-refractivity contribution >= 4 is 68.8 Å². The number of nitrogens with one attached hydrogen (secondary N) is 3. The molecule has 3 amide bonds. The minimum atomic E-state index is -0.947. The molecule has 0 atom stereocenters. The van der Waals surface area contributed by atoms with Crippen LogP contribution < -0.4 is 25.5 Å². The van der Waals surface area contributed by atoms with Crippen molar-refractivity contribution in [2.45, 2.75) is 6.54 Å². The van der Waals surface area contributed by atoms with Crippen LogP contribution in [0.1, 0.15) is 11.3 Å². The van der Waals surface area contributed by atoms with Crippen LogP contribution in [0.5, 0.6) is 11.5 Å². The van der Waals surface area contributed by atoms with Crippen molar-refractivity contribution in [3.8, 4) is 11.5 Å². The van der Waals surface area contributed by atoms with Crippen molar-refractivity contribution in [1.82, 2.24) is 10.7 Å². The number of rotatable bonds is 9. The fraction of sp³-hybridized carbons (Fsp3) is 0.130. The van der Waals surface area contributed by atoms with Gasteiger partial charge in [-0.15, -0.1) is 0 Å². The van der Waals surface area contributed by atoms with Crippen LogP contribution in [-0.4, -0.2) is 37.7 Å². The molecule has 0 unspecified atom stereocenters. The second-order valence-electron chi connectivity index (χ2n) is 6.96. The number of methoxy groups -OCH3 is 1. The number of nitrogens with zero attached hydrogens (tertiary/aromatic N) is 1. The Balaban J connectivity index is 1.55. The summed E-state index contributed by atoms with van der Waals surface area (Å²) in [5.74, 6) is -1.16. The summed E-state index contributed by atoms with van der Waals surface area (Å²) in [6, 6.07) is 11.2. The molecule has 0 saturated heterocycles. The summed E-state index contributed by atoms with van der Waals surface area (Å²) in [6.45, 7) is -0.244. The van der Waals surface area contributed by atoms with Gasteiger partial charge in [0.05, 0.1) is 40.7 Å². The van der Waals surface area contributed by atoms with E-state index < -0.39 is 17.7 Å². The predicted octanol–water partition coefficient (Wildman–Crippen LogP) is 4.14. The van der Waals surface area contributed by atoms with Crippen LogP contribution in [0.15, 0.2) is 62.7 Å². The third kappa shape index (κ3) is 7.74. The maximum absolute atomic E-state index is 12.3. The lowest BCUT2D eigenvalue weighted by atomic mass is 10.2. The quantitative estimate of drug-likeness (QED) is 0.193. The zero-order chi connectivity index (χ0) is 26.1. The van der Waals surface area contributed by atoms with Gasteiger partial charge in [-0.3, -0.25) is 14.4 Å². The number of carbonyl (C=O) groups excluding carboxylic acids is 3. The van der Waals surface area contributed by atoms with E-state index in [1.54, 1.807) is 36.4 Å². The second kappa shape index (κ2) is 13.0. The SMILES string of the molecule is COc1cc(/C=N\NC(=O)C(=O)NCc2ccco2)cc(Br)c1OCC(=O)Nc1ccc(Cl)c(Cl)c1. The monoisotopic (exact) mass is 596 g/mol. The summed E-state index contributed by atoms with van der Waals surface area (Å²) < 4.78 is 16.5. The summed E-state index contributed by atoms with van der Waals surface area (Å²) in [5.41, 5.74) is 3.11. The number of hydrogen-bond acceptors (Lipinski definition) is 7. The van der Waals surface area contributed by atoms with Gasteiger partial charge in [0.2, 0.25) is 0 Å². The Bertz CT molecular complexity index is 1280. The highest BCUT2D eigenvalue weighted by atomic mass is 79.9. The molecule has 36 heavy (non-hydrogen) atoms. The van der Waals surface area contributed by atoms with Crippen molar-refractivity contribution in [1.29, 1.82) is 0 Å². The first-order valence-corrected chi connectivity index (χ1v) is 11.7. The average Bonchev–Trinajstić information content (AvgIpc) is 3.37. The van der Waals surface area contributed by atoms with Gasteiger partial charge in [0.25, 0.3) is 5.91 Å². The lowest BCUT2D eigenvalue weighted by Crippen LogP contribution is -2.37. The number of hydrazone groups is 1. The van der Waals surface area contributed by atoms with Crippen LogP contribution in [0, 0.1) is 0 Å². The topological polar surface area (TPSA) is 131 Å². The Morgan fingerprint density at radius 1 is 1.11 bits per heavy atom.